The van der Waals surface area contributed by atoms with Crippen LogP contribution < -0.4 is 5.32 Å². The van der Waals surface area contributed by atoms with Gasteiger partial charge in [-0.25, -0.2) is 13.2 Å². The Hall–Kier alpha value is -2.13. The van der Waals surface area contributed by atoms with Gasteiger partial charge in [-0.05, 0) is 55.3 Å². The first kappa shape index (κ1) is 23.5. The van der Waals surface area contributed by atoms with E-state index in [1.54, 1.807) is 6.07 Å². The lowest BCUT2D eigenvalue weighted by Gasteiger charge is -2.19. The van der Waals surface area contributed by atoms with Gasteiger partial charge < -0.3 is 10.1 Å². The topological polar surface area (TPSA) is 92.8 Å². The van der Waals surface area contributed by atoms with Crippen LogP contribution in [0.3, 0.4) is 0 Å². The molecule has 31 heavy (non-hydrogen) atoms. The Morgan fingerprint density at radius 1 is 0.935 bits per heavy atom. The number of ether oxygens (including phenoxy) is 1. The van der Waals surface area contributed by atoms with Gasteiger partial charge in [0.25, 0.3) is 5.91 Å². The van der Waals surface area contributed by atoms with Crippen LogP contribution in [-0.2, 0) is 19.6 Å². The molecule has 0 spiro atoms. The summed E-state index contributed by atoms with van der Waals surface area (Å²) in [5, 5.41) is 3.18. The largest absolute Gasteiger partial charge is 0.452 e. The van der Waals surface area contributed by atoms with E-state index in [9.17, 15) is 18.0 Å². The molecule has 0 radical (unpaired) electrons. The van der Waals surface area contributed by atoms with E-state index in [-0.39, 0.29) is 15.5 Å². The van der Waals surface area contributed by atoms with Crippen molar-refractivity contribution in [1.82, 2.24) is 4.31 Å². The van der Waals surface area contributed by atoms with Crippen molar-refractivity contribution < 1.29 is 22.7 Å². The molecule has 0 atom stereocenters. The number of rotatable bonds is 6. The van der Waals surface area contributed by atoms with Crippen LogP contribution in [0.2, 0.25) is 10.0 Å². The first-order valence-corrected chi connectivity index (χ1v) is 12.0. The van der Waals surface area contributed by atoms with Crippen molar-refractivity contribution in [2.45, 2.75) is 30.6 Å². The highest BCUT2D eigenvalue weighted by Crippen LogP contribution is 2.25. The summed E-state index contributed by atoms with van der Waals surface area (Å²) in [6.45, 7) is 0.493. The Balaban J connectivity index is 1.57. The van der Waals surface area contributed by atoms with Gasteiger partial charge >= 0.3 is 5.97 Å². The Bertz CT molecular complexity index is 1050. The number of esters is 1. The number of amides is 1. The van der Waals surface area contributed by atoms with E-state index < -0.39 is 28.5 Å². The fraction of sp³-hybridized carbons (Fsp3) is 0.333. The summed E-state index contributed by atoms with van der Waals surface area (Å²) in [4.78, 5) is 24.3. The van der Waals surface area contributed by atoms with E-state index in [2.05, 4.69) is 5.32 Å². The van der Waals surface area contributed by atoms with Crippen LogP contribution in [0.5, 0.6) is 0 Å². The van der Waals surface area contributed by atoms with Crippen molar-refractivity contribution in [3.63, 3.8) is 0 Å². The molecular weight excluding hydrogens is 463 g/mol. The van der Waals surface area contributed by atoms with Crippen molar-refractivity contribution >= 4 is 50.8 Å². The van der Waals surface area contributed by atoms with E-state index in [4.69, 9.17) is 27.9 Å². The molecule has 1 fully saturated rings. The Kier molecular flexibility index (Phi) is 7.94. The average Bonchev–Trinajstić information content (AvgIpc) is 3.05. The predicted octanol–water partition coefficient (Wildman–Crippen LogP) is 4.35. The number of benzene rings is 2. The fourth-order valence-corrected chi connectivity index (χ4v) is 4.99. The zero-order valence-corrected chi connectivity index (χ0v) is 19.0. The molecule has 7 nitrogen and oxygen atoms in total. The van der Waals surface area contributed by atoms with Crippen LogP contribution >= 0.6 is 23.2 Å². The molecule has 0 aliphatic carbocycles. The maximum Gasteiger partial charge on any atom is 0.338 e. The van der Waals surface area contributed by atoms with Crippen molar-refractivity contribution in [2.75, 3.05) is 25.0 Å². The van der Waals surface area contributed by atoms with Gasteiger partial charge in [-0.2, -0.15) is 4.31 Å². The number of hydrogen-bond acceptors (Lipinski definition) is 5. The van der Waals surface area contributed by atoms with E-state index in [1.807, 2.05) is 0 Å². The fourth-order valence-electron chi connectivity index (χ4n) is 3.18. The van der Waals surface area contributed by atoms with Crippen molar-refractivity contribution in [1.29, 1.82) is 0 Å². The maximum atomic E-state index is 12.8. The summed E-state index contributed by atoms with van der Waals surface area (Å²) in [6.07, 6.45) is 3.73. The van der Waals surface area contributed by atoms with Gasteiger partial charge in [0.1, 0.15) is 0 Å². The standard InChI is InChI=1S/C21H22Cl2N2O5S/c22-18-10-7-16(13-19(18)23)24-20(26)14-30-21(27)15-5-8-17(9-6-15)31(28,29)25-11-3-1-2-4-12-25/h5-10,13H,1-4,11-12,14H2,(H,24,26). The smallest absolute Gasteiger partial charge is 0.338 e. The lowest BCUT2D eigenvalue weighted by atomic mass is 10.2. The molecule has 1 aliphatic heterocycles. The third-order valence-electron chi connectivity index (χ3n) is 4.83. The Labute approximate surface area is 191 Å². The molecular formula is C21H22Cl2N2O5S. The quantitative estimate of drug-likeness (QED) is 0.614. The second kappa shape index (κ2) is 10.5. The zero-order chi connectivity index (χ0) is 22.4. The second-order valence-electron chi connectivity index (χ2n) is 7.10. The van der Waals surface area contributed by atoms with Crippen molar-refractivity contribution in [3.05, 3.63) is 58.1 Å². The monoisotopic (exact) mass is 484 g/mol. The van der Waals surface area contributed by atoms with Crippen LogP contribution in [0.1, 0.15) is 36.0 Å². The van der Waals surface area contributed by atoms with Crippen LogP contribution in [0.4, 0.5) is 5.69 Å². The summed E-state index contributed by atoms with van der Waals surface area (Å²) in [5.74, 6) is -1.28. The lowest BCUT2D eigenvalue weighted by Crippen LogP contribution is -2.31. The minimum Gasteiger partial charge on any atom is -0.452 e. The molecule has 1 amide bonds. The third-order valence-corrected chi connectivity index (χ3v) is 7.48. The first-order valence-electron chi connectivity index (χ1n) is 9.79. The Morgan fingerprint density at radius 2 is 1.58 bits per heavy atom. The molecule has 1 aliphatic rings. The SMILES string of the molecule is O=C(COC(=O)c1ccc(S(=O)(=O)N2CCCCCC2)cc1)Nc1ccc(Cl)c(Cl)c1. The second-order valence-corrected chi connectivity index (χ2v) is 9.85. The first-order chi connectivity index (χ1) is 14.8. The molecule has 10 heteroatoms. The van der Waals surface area contributed by atoms with Crippen LogP contribution in [-0.4, -0.2) is 44.3 Å². The van der Waals surface area contributed by atoms with Crippen LogP contribution in [0.25, 0.3) is 0 Å². The molecule has 1 heterocycles. The Morgan fingerprint density at radius 3 is 2.19 bits per heavy atom. The maximum absolute atomic E-state index is 12.8. The summed E-state index contributed by atoms with van der Waals surface area (Å²) < 4.78 is 32.1. The van der Waals surface area contributed by atoms with Gasteiger partial charge in [-0.15, -0.1) is 0 Å². The predicted molar refractivity (Wildman–Crippen MR) is 119 cm³/mol. The summed E-state index contributed by atoms with van der Waals surface area (Å²) >= 11 is 11.7. The zero-order valence-electron chi connectivity index (χ0n) is 16.6. The number of halogens is 2. The molecule has 2 aromatic rings. The number of carbonyl (C=O) groups is 2. The lowest BCUT2D eigenvalue weighted by molar-refractivity contribution is -0.119. The van der Waals surface area contributed by atoms with Gasteiger partial charge in [0.05, 0.1) is 20.5 Å². The summed E-state index contributed by atoms with van der Waals surface area (Å²) in [6, 6.07) is 10.1. The molecule has 1 saturated heterocycles. The van der Waals surface area contributed by atoms with Crippen LogP contribution in [0, 0.1) is 0 Å². The van der Waals surface area contributed by atoms with Gasteiger partial charge in [-0.1, -0.05) is 36.0 Å². The number of hydrogen-bond donors (Lipinski definition) is 1. The number of sulfonamides is 1. The van der Waals surface area contributed by atoms with Crippen molar-refractivity contribution in [2.24, 2.45) is 0 Å². The van der Waals surface area contributed by atoms with E-state index in [1.165, 1.54) is 40.7 Å². The van der Waals surface area contributed by atoms with Gasteiger partial charge in [0.15, 0.2) is 6.61 Å². The molecule has 0 bridgehead atoms. The van der Waals surface area contributed by atoms with Crippen molar-refractivity contribution in [3.8, 4) is 0 Å². The number of carbonyl (C=O) groups excluding carboxylic acids is 2. The molecule has 0 aromatic heterocycles. The minimum atomic E-state index is -3.60. The van der Waals surface area contributed by atoms with Gasteiger partial charge in [0, 0.05) is 18.8 Å². The third kappa shape index (κ3) is 6.20. The van der Waals surface area contributed by atoms with Gasteiger partial charge in [-0.3, -0.25) is 4.79 Å². The van der Waals surface area contributed by atoms with Crippen LogP contribution in [0.15, 0.2) is 47.4 Å². The van der Waals surface area contributed by atoms with E-state index in [0.717, 1.165) is 25.7 Å². The molecule has 2 aromatic carbocycles. The number of nitrogens with one attached hydrogen (secondary N) is 1. The summed E-state index contributed by atoms with van der Waals surface area (Å²) in [5.41, 5.74) is 0.565. The minimum absolute atomic E-state index is 0.128. The molecule has 166 valence electrons. The number of nitrogens with zero attached hydrogens (tertiary/aromatic N) is 1. The molecule has 3 rings (SSSR count). The highest BCUT2D eigenvalue weighted by molar-refractivity contribution is 7.89. The van der Waals surface area contributed by atoms with E-state index in [0.29, 0.717) is 23.8 Å². The number of anilines is 1. The molecule has 0 saturated carbocycles. The highest BCUT2D eigenvalue weighted by Gasteiger charge is 2.25. The molecule has 0 unspecified atom stereocenters. The molecule has 1 N–H and O–H groups in total. The average molecular weight is 485 g/mol. The normalized spacial score (nSPS) is 15.2. The van der Waals surface area contributed by atoms with E-state index >= 15 is 0 Å². The van der Waals surface area contributed by atoms with Gasteiger partial charge in [0.2, 0.25) is 10.0 Å². The highest BCUT2D eigenvalue weighted by atomic mass is 35.5. The summed E-state index contributed by atoms with van der Waals surface area (Å²) in [7, 11) is -3.60.